The molecule has 32 heavy (non-hydrogen) atoms. The zero-order chi connectivity index (χ0) is 22.4. The van der Waals surface area contributed by atoms with Crippen molar-refractivity contribution in [2.45, 2.75) is 65.0 Å². The molecule has 6 nitrogen and oxygen atoms in total. The normalized spacial score (nSPS) is 18.2. The molecule has 0 unspecified atom stereocenters. The standard InChI is InChI=1S/C26H36O6/c1-3-5-7-17-27-21-9-13-23(14-10-21)31-25-26(30-20-19-29-25)32-24-15-11-22(12-16-24)28-18-8-6-4-2/h9-16,25-26H,3-8,17-20H2,1-2H3/t25-,26+. The van der Waals surface area contributed by atoms with E-state index in [0.717, 1.165) is 37.6 Å². The molecule has 1 fully saturated rings. The number of ether oxygens (including phenoxy) is 6. The Kier molecular flexibility index (Phi) is 10.5. The summed E-state index contributed by atoms with van der Waals surface area (Å²) in [5.74, 6) is 3.01. The van der Waals surface area contributed by atoms with Crippen LogP contribution in [0.5, 0.6) is 23.0 Å². The molecule has 0 spiro atoms. The van der Waals surface area contributed by atoms with Crippen LogP contribution >= 0.6 is 0 Å². The van der Waals surface area contributed by atoms with Gasteiger partial charge in [0.2, 0.25) is 0 Å². The largest absolute Gasteiger partial charge is 0.494 e. The molecule has 0 amide bonds. The summed E-state index contributed by atoms with van der Waals surface area (Å²) in [6.45, 7) is 6.72. The first-order valence-corrected chi connectivity index (χ1v) is 11.8. The second-order valence-corrected chi connectivity index (χ2v) is 7.77. The van der Waals surface area contributed by atoms with Crippen molar-refractivity contribution >= 4 is 0 Å². The molecule has 0 aliphatic carbocycles. The van der Waals surface area contributed by atoms with Crippen LogP contribution in [0.2, 0.25) is 0 Å². The highest BCUT2D eigenvalue weighted by atomic mass is 16.8. The van der Waals surface area contributed by atoms with Gasteiger partial charge in [0.05, 0.1) is 26.4 Å². The Hall–Kier alpha value is -2.44. The van der Waals surface area contributed by atoms with Gasteiger partial charge >= 0.3 is 0 Å². The average molecular weight is 445 g/mol. The third-order valence-corrected chi connectivity index (χ3v) is 5.05. The van der Waals surface area contributed by atoms with Gasteiger partial charge < -0.3 is 28.4 Å². The van der Waals surface area contributed by atoms with Crippen molar-refractivity contribution in [1.82, 2.24) is 0 Å². The topological polar surface area (TPSA) is 55.4 Å². The van der Waals surface area contributed by atoms with Crippen LogP contribution in [0.3, 0.4) is 0 Å². The van der Waals surface area contributed by atoms with Gasteiger partial charge in [0.15, 0.2) is 0 Å². The van der Waals surface area contributed by atoms with Crippen molar-refractivity contribution in [3.8, 4) is 23.0 Å². The molecule has 0 N–H and O–H groups in total. The van der Waals surface area contributed by atoms with E-state index in [-0.39, 0.29) is 0 Å². The van der Waals surface area contributed by atoms with Gasteiger partial charge in [-0.05, 0) is 61.4 Å². The monoisotopic (exact) mass is 444 g/mol. The zero-order valence-electron chi connectivity index (χ0n) is 19.3. The minimum atomic E-state index is -0.662. The fourth-order valence-corrected chi connectivity index (χ4v) is 3.25. The zero-order valence-corrected chi connectivity index (χ0v) is 19.3. The number of hydrogen-bond acceptors (Lipinski definition) is 6. The summed E-state index contributed by atoms with van der Waals surface area (Å²) in [4.78, 5) is 0. The minimum absolute atomic E-state index is 0.452. The molecular weight excluding hydrogens is 408 g/mol. The van der Waals surface area contributed by atoms with E-state index < -0.39 is 12.6 Å². The summed E-state index contributed by atoms with van der Waals surface area (Å²) in [5.41, 5.74) is 0. The SMILES string of the molecule is CCCCCOc1ccc(O[C@H]2OCCO[C@H]2Oc2ccc(OCCCCC)cc2)cc1. The van der Waals surface area contributed by atoms with Crippen LogP contribution in [0.4, 0.5) is 0 Å². The number of unbranched alkanes of at least 4 members (excludes halogenated alkanes) is 4. The Labute approximate surface area is 191 Å². The first-order valence-electron chi connectivity index (χ1n) is 11.8. The van der Waals surface area contributed by atoms with Gasteiger partial charge in [-0.1, -0.05) is 39.5 Å². The molecule has 1 heterocycles. The Morgan fingerprint density at radius 1 is 0.594 bits per heavy atom. The lowest BCUT2D eigenvalue weighted by Gasteiger charge is -2.31. The molecule has 3 rings (SSSR count). The van der Waals surface area contributed by atoms with E-state index in [2.05, 4.69) is 13.8 Å². The van der Waals surface area contributed by atoms with Crippen LogP contribution in [0.1, 0.15) is 52.4 Å². The molecule has 1 aliphatic rings. The van der Waals surface area contributed by atoms with E-state index in [1.165, 1.54) is 25.7 Å². The second kappa shape index (κ2) is 13.9. The van der Waals surface area contributed by atoms with E-state index in [4.69, 9.17) is 28.4 Å². The predicted octanol–water partition coefficient (Wildman–Crippen LogP) is 5.98. The molecule has 2 aromatic carbocycles. The third kappa shape index (κ3) is 8.24. The van der Waals surface area contributed by atoms with Gasteiger partial charge in [0, 0.05) is 0 Å². The molecule has 176 valence electrons. The van der Waals surface area contributed by atoms with Crippen molar-refractivity contribution < 1.29 is 28.4 Å². The van der Waals surface area contributed by atoms with Crippen molar-refractivity contribution in [3.63, 3.8) is 0 Å². The van der Waals surface area contributed by atoms with Crippen molar-refractivity contribution in [1.29, 1.82) is 0 Å². The van der Waals surface area contributed by atoms with Crippen molar-refractivity contribution in [3.05, 3.63) is 48.5 Å². The van der Waals surface area contributed by atoms with Crippen LogP contribution < -0.4 is 18.9 Å². The van der Waals surface area contributed by atoms with Gasteiger partial charge in [0.1, 0.15) is 23.0 Å². The van der Waals surface area contributed by atoms with Gasteiger partial charge in [-0.25, -0.2) is 0 Å². The quantitative estimate of drug-likeness (QED) is 0.334. The summed E-state index contributed by atoms with van der Waals surface area (Å²) in [6.07, 6.45) is 5.52. The Balaban J connectivity index is 1.49. The molecule has 1 aliphatic heterocycles. The highest BCUT2D eigenvalue weighted by molar-refractivity contribution is 5.32. The van der Waals surface area contributed by atoms with Crippen molar-refractivity contribution in [2.75, 3.05) is 26.4 Å². The molecule has 6 heteroatoms. The summed E-state index contributed by atoms with van der Waals surface area (Å²) < 4.78 is 35.0. The van der Waals surface area contributed by atoms with Crippen LogP contribution in [-0.4, -0.2) is 39.0 Å². The van der Waals surface area contributed by atoms with Crippen LogP contribution in [-0.2, 0) is 9.47 Å². The second-order valence-electron chi connectivity index (χ2n) is 7.77. The molecule has 1 saturated heterocycles. The third-order valence-electron chi connectivity index (χ3n) is 5.05. The van der Waals surface area contributed by atoms with E-state index in [1.807, 2.05) is 48.5 Å². The van der Waals surface area contributed by atoms with Gasteiger partial charge in [-0.2, -0.15) is 0 Å². The fourth-order valence-electron chi connectivity index (χ4n) is 3.25. The smallest absolute Gasteiger partial charge is 0.263 e. The van der Waals surface area contributed by atoms with E-state index in [9.17, 15) is 0 Å². The summed E-state index contributed by atoms with van der Waals surface area (Å²) >= 11 is 0. The number of hydrogen-bond donors (Lipinski definition) is 0. The lowest BCUT2D eigenvalue weighted by Crippen LogP contribution is -2.45. The van der Waals surface area contributed by atoms with Gasteiger partial charge in [-0.15, -0.1) is 0 Å². The maximum Gasteiger partial charge on any atom is 0.263 e. The predicted molar refractivity (Wildman–Crippen MR) is 124 cm³/mol. The molecule has 0 radical (unpaired) electrons. The fraction of sp³-hybridized carbons (Fsp3) is 0.538. The van der Waals surface area contributed by atoms with E-state index >= 15 is 0 Å². The minimum Gasteiger partial charge on any atom is -0.494 e. The van der Waals surface area contributed by atoms with E-state index in [1.54, 1.807) is 0 Å². The first-order chi connectivity index (χ1) is 15.8. The summed E-state index contributed by atoms with van der Waals surface area (Å²) in [5, 5.41) is 0. The maximum atomic E-state index is 5.99. The molecule has 0 bridgehead atoms. The first kappa shape index (κ1) is 24.2. The summed E-state index contributed by atoms with van der Waals surface area (Å²) in [7, 11) is 0. The summed E-state index contributed by atoms with van der Waals surface area (Å²) in [6, 6.07) is 15.1. The van der Waals surface area contributed by atoms with Crippen LogP contribution in [0, 0.1) is 0 Å². The lowest BCUT2D eigenvalue weighted by atomic mass is 10.2. The number of benzene rings is 2. The average Bonchev–Trinajstić information content (AvgIpc) is 2.83. The van der Waals surface area contributed by atoms with E-state index in [0.29, 0.717) is 24.7 Å². The Morgan fingerprint density at radius 2 is 0.969 bits per heavy atom. The maximum absolute atomic E-state index is 5.99. The van der Waals surface area contributed by atoms with Gasteiger partial charge in [0.25, 0.3) is 12.6 Å². The molecular formula is C26H36O6. The molecule has 2 atom stereocenters. The van der Waals surface area contributed by atoms with Crippen LogP contribution in [0.15, 0.2) is 48.5 Å². The Bertz CT molecular complexity index is 680. The molecule has 0 aromatic heterocycles. The Morgan fingerprint density at radius 3 is 1.34 bits per heavy atom. The van der Waals surface area contributed by atoms with Gasteiger partial charge in [-0.3, -0.25) is 0 Å². The molecule has 0 saturated carbocycles. The highest BCUT2D eigenvalue weighted by Gasteiger charge is 2.31. The van der Waals surface area contributed by atoms with Crippen molar-refractivity contribution in [2.24, 2.45) is 0 Å². The lowest BCUT2D eigenvalue weighted by molar-refractivity contribution is -0.271. The molecule has 2 aromatic rings. The number of rotatable bonds is 14. The van der Waals surface area contributed by atoms with Crippen LogP contribution in [0.25, 0.3) is 0 Å². The highest BCUT2D eigenvalue weighted by Crippen LogP contribution is 2.25.